The van der Waals surface area contributed by atoms with Gasteiger partial charge in [0.2, 0.25) is 0 Å². The molecule has 0 radical (unpaired) electrons. The first-order valence-corrected chi connectivity index (χ1v) is 9.07. The molecule has 0 heterocycles. The lowest BCUT2D eigenvalue weighted by Gasteiger charge is -2.19. The van der Waals surface area contributed by atoms with Gasteiger partial charge in [-0.25, -0.2) is 0 Å². The van der Waals surface area contributed by atoms with E-state index in [1.807, 2.05) is 42.5 Å². The molecule has 0 saturated carbocycles. The lowest BCUT2D eigenvalue weighted by Crippen LogP contribution is -2.10. The normalized spacial score (nSPS) is 12.1. The highest BCUT2D eigenvalue weighted by Crippen LogP contribution is 2.23. The van der Waals surface area contributed by atoms with E-state index in [0.717, 1.165) is 22.5 Å². The Labute approximate surface area is 160 Å². The van der Waals surface area contributed by atoms with Crippen molar-refractivity contribution < 1.29 is 0 Å². The largest absolute Gasteiger partial charge is 0.278 e. The number of nitrogens with zero attached hydrogens (tertiary/aromatic N) is 1. The fraction of sp³-hybridized carbons (Fsp3) is 0.174. The quantitative estimate of drug-likeness (QED) is 0.415. The van der Waals surface area contributed by atoms with Crippen LogP contribution in [-0.2, 0) is 5.41 Å². The van der Waals surface area contributed by atoms with Crippen LogP contribution in [0.15, 0.2) is 84.0 Å². The summed E-state index contributed by atoms with van der Waals surface area (Å²) >= 11 is 6.03. The van der Waals surface area contributed by atoms with Gasteiger partial charge in [-0.15, -0.1) is 0 Å². The molecule has 0 amide bonds. The maximum atomic E-state index is 6.03. The SMILES string of the molecule is CC(C)(C)c1ccc(NN=C(c2ccccc2)c2ccc(Cl)cc2)cc1. The molecule has 0 spiro atoms. The van der Waals surface area contributed by atoms with E-state index in [-0.39, 0.29) is 5.41 Å². The minimum Gasteiger partial charge on any atom is -0.278 e. The van der Waals surface area contributed by atoms with Gasteiger partial charge in [0.25, 0.3) is 0 Å². The molecule has 3 heteroatoms. The first-order valence-electron chi connectivity index (χ1n) is 8.69. The van der Waals surface area contributed by atoms with Gasteiger partial charge in [-0.05, 0) is 35.2 Å². The summed E-state index contributed by atoms with van der Waals surface area (Å²) in [6.45, 7) is 6.63. The average Bonchev–Trinajstić information content (AvgIpc) is 2.64. The molecular weight excluding hydrogens is 340 g/mol. The summed E-state index contributed by atoms with van der Waals surface area (Å²) in [4.78, 5) is 0. The predicted molar refractivity (Wildman–Crippen MR) is 112 cm³/mol. The molecule has 3 aromatic carbocycles. The number of anilines is 1. The van der Waals surface area contributed by atoms with E-state index in [2.05, 4.69) is 67.7 Å². The van der Waals surface area contributed by atoms with Crippen molar-refractivity contribution in [3.05, 3.63) is 101 Å². The summed E-state index contributed by atoms with van der Waals surface area (Å²) in [7, 11) is 0. The second-order valence-electron chi connectivity index (χ2n) is 7.27. The van der Waals surface area contributed by atoms with Crippen LogP contribution in [0.3, 0.4) is 0 Å². The topological polar surface area (TPSA) is 24.4 Å². The van der Waals surface area contributed by atoms with Crippen molar-refractivity contribution in [3.63, 3.8) is 0 Å². The third-order valence-electron chi connectivity index (χ3n) is 4.21. The molecule has 0 saturated heterocycles. The van der Waals surface area contributed by atoms with Gasteiger partial charge in [-0.2, -0.15) is 5.10 Å². The van der Waals surface area contributed by atoms with E-state index in [1.165, 1.54) is 5.56 Å². The highest BCUT2D eigenvalue weighted by molar-refractivity contribution is 6.30. The number of nitrogens with one attached hydrogen (secondary N) is 1. The molecule has 3 aromatic rings. The molecule has 0 unspecified atom stereocenters. The van der Waals surface area contributed by atoms with Crippen LogP contribution in [0.1, 0.15) is 37.5 Å². The first-order chi connectivity index (χ1) is 12.4. The van der Waals surface area contributed by atoms with Gasteiger partial charge in [0, 0.05) is 16.1 Å². The Hall–Kier alpha value is -2.58. The number of hydrazone groups is 1. The van der Waals surface area contributed by atoms with Crippen LogP contribution in [0.5, 0.6) is 0 Å². The minimum atomic E-state index is 0.139. The van der Waals surface area contributed by atoms with Gasteiger partial charge in [0.05, 0.1) is 11.4 Å². The standard InChI is InChI=1S/C23H23ClN2/c1-23(2,3)19-11-15-21(16-12-19)25-26-22(17-7-5-4-6-8-17)18-9-13-20(24)14-10-18/h4-16,25H,1-3H3. The van der Waals surface area contributed by atoms with Crippen molar-refractivity contribution in [3.8, 4) is 0 Å². The summed E-state index contributed by atoms with van der Waals surface area (Å²) in [5, 5.41) is 5.39. The molecule has 0 bridgehead atoms. The van der Waals surface area contributed by atoms with Crippen LogP contribution >= 0.6 is 11.6 Å². The van der Waals surface area contributed by atoms with Gasteiger partial charge in [0.1, 0.15) is 0 Å². The molecule has 0 aliphatic rings. The van der Waals surface area contributed by atoms with Crippen molar-refractivity contribution in [1.29, 1.82) is 0 Å². The van der Waals surface area contributed by atoms with Gasteiger partial charge in [-0.3, -0.25) is 5.43 Å². The van der Waals surface area contributed by atoms with Gasteiger partial charge < -0.3 is 0 Å². The summed E-state index contributed by atoms with van der Waals surface area (Å²) in [5.41, 5.74) is 8.53. The Kier molecular flexibility index (Phi) is 5.43. The molecule has 0 aliphatic carbocycles. The van der Waals surface area contributed by atoms with E-state index >= 15 is 0 Å². The zero-order chi connectivity index (χ0) is 18.6. The summed E-state index contributed by atoms with van der Waals surface area (Å²) < 4.78 is 0. The molecule has 26 heavy (non-hydrogen) atoms. The highest BCUT2D eigenvalue weighted by atomic mass is 35.5. The minimum absolute atomic E-state index is 0.139. The number of benzene rings is 3. The van der Waals surface area contributed by atoms with Gasteiger partial charge in [0.15, 0.2) is 0 Å². The highest BCUT2D eigenvalue weighted by Gasteiger charge is 2.13. The number of rotatable bonds is 4. The fourth-order valence-corrected chi connectivity index (χ4v) is 2.79. The molecule has 0 aromatic heterocycles. The van der Waals surface area contributed by atoms with E-state index < -0.39 is 0 Å². The first kappa shape index (κ1) is 18.2. The zero-order valence-electron chi connectivity index (χ0n) is 15.3. The van der Waals surface area contributed by atoms with Crippen LogP contribution in [0.2, 0.25) is 5.02 Å². The summed E-state index contributed by atoms with van der Waals surface area (Å²) in [6, 6.07) is 26.3. The lowest BCUT2D eigenvalue weighted by atomic mass is 9.87. The summed E-state index contributed by atoms with van der Waals surface area (Å²) in [6.07, 6.45) is 0. The van der Waals surface area contributed by atoms with Crippen molar-refractivity contribution in [2.75, 3.05) is 5.43 Å². The van der Waals surface area contributed by atoms with Gasteiger partial charge >= 0.3 is 0 Å². The molecular formula is C23H23ClN2. The Morgan fingerprint density at radius 3 is 1.92 bits per heavy atom. The van der Waals surface area contributed by atoms with Crippen LogP contribution in [0, 0.1) is 0 Å². The molecule has 3 rings (SSSR count). The van der Waals surface area contributed by atoms with E-state index in [0.29, 0.717) is 5.02 Å². The van der Waals surface area contributed by atoms with E-state index in [4.69, 9.17) is 11.6 Å². The number of hydrogen-bond donors (Lipinski definition) is 1. The maximum Gasteiger partial charge on any atom is 0.0977 e. The number of halogens is 1. The van der Waals surface area contributed by atoms with E-state index in [1.54, 1.807) is 0 Å². The molecule has 2 nitrogen and oxygen atoms in total. The van der Waals surface area contributed by atoms with Crippen LogP contribution in [-0.4, -0.2) is 5.71 Å². The number of hydrogen-bond acceptors (Lipinski definition) is 2. The summed E-state index contributed by atoms with van der Waals surface area (Å²) in [5.74, 6) is 0. The maximum absolute atomic E-state index is 6.03. The Bertz CT molecular complexity index is 874. The molecule has 1 N–H and O–H groups in total. The second kappa shape index (κ2) is 7.76. The molecule has 0 aliphatic heterocycles. The van der Waals surface area contributed by atoms with Crippen LogP contribution < -0.4 is 5.43 Å². The Morgan fingerprint density at radius 1 is 0.769 bits per heavy atom. The third kappa shape index (κ3) is 4.53. The Balaban J connectivity index is 1.91. The fourth-order valence-electron chi connectivity index (χ4n) is 2.66. The van der Waals surface area contributed by atoms with E-state index in [9.17, 15) is 0 Å². The zero-order valence-corrected chi connectivity index (χ0v) is 16.1. The second-order valence-corrected chi connectivity index (χ2v) is 7.71. The molecule has 0 atom stereocenters. The predicted octanol–water partition coefficient (Wildman–Crippen LogP) is 6.50. The van der Waals surface area contributed by atoms with Crippen LogP contribution in [0.25, 0.3) is 0 Å². The lowest BCUT2D eigenvalue weighted by molar-refractivity contribution is 0.590. The molecule has 0 fully saturated rings. The monoisotopic (exact) mass is 362 g/mol. The Morgan fingerprint density at radius 2 is 1.35 bits per heavy atom. The van der Waals surface area contributed by atoms with Crippen molar-refractivity contribution >= 4 is 23.0 Å². The van der Waals surface area contributed by atoms with Crippen LogP contribution in [0.4, 0.5) is 5.69 Å². The van der Waals surface area contributed by atoms with Crippen molar-refractivity contribution in [1.82, 2.24) is 0 Å². The average molecular weight is 363 g/mol. The molecule has 132 valence electrons. The van der Waals surface area contributed by atoms with Crippen molar-refractivity contribution in [2.24, 2.45) is 5.10 Å². The smallest absolute Gasteiger partial charge is 0.0977 e. The van der Waals surface area contributed by atoms with Crippen molar-refractivity contribution in [2.45, 2.75) is 26.2 Å². The third-order valence-corrected chi connectivity index (χ3v) is 4.46. The van der Waals surface area contributed by atoms with Gasteiger partial charge in [-0.1, -0.05) is 87.0 Å².